The molecule has 5 nitrogen and oxygen atoms in total. The fourth-order valence-electron chi connectivity index (χ4n) is 2.21. The summed E-state index contributed by atoms with van der Waals surface area (Å²) in [6.45, 7) is 0.506. The normalized spacial score (nSPS) is 21.6. The van der Waals surface area contributed by atoms with Gasteiger partial charge in [-0.3, -0.25) is 4.79 Å². The number of carboxylic acid groups (broad SMARTS) is 1. The summed E-state index contributed by atoms with van der Waals surface area (Å²) < 4.78 is 5.27. The summed E-state index contributed by atoms with van der Waals surface area (Å²) in [5.74, 6) is 1.91. The third-order valence-electron chi connectivity index (χ3n) is 3.26. The number of terminal acetylenes is 1. The van der Waals surface area contributed by atoms with E-state index in [9.17, 15) is 9.59 Å². The lowest BCUT2D eigenvalue weighted by atomic mass is 10.1. The van der Waals surface area contributed by atoms with Crippen LogP contribution in [0.5, 0.6) is 0 Å². The summed E-state index contributed by atoms with van der Waals surface area (Å²) in [7, 11) is 0. The molecular weight excluding hydrogens is 246 g/mol. The quantitative estimate of drug-likeness (QED) is 0.547. The summed E-state index contributed by atoms with van der Waals surface area (Å²) in [6, 6.07) is 0. The van der Waals surface area contributed by atoms with Crippen LogP contribution in [0.4, 0.5) is 4.79 Å². The fourth-order valence-corrected chi connectivity index (χ4v) is 2.21. The number of carbonyl (C=O) groups excluding carboxylic acids is 1. The molecule has 0 aliphatic heterocycles. The predicted molar refractivity (Wildman–Crippen MR) is 70.5 cm³/mol. The van der Waals surface area contributed by atoms with E-state index in [-0.39, 0.29) is 18.4 Å². The van der Waals surface area contributed by atoms with Crippen molar-refractivity contribution in [2.75, 3.05) is 6.54 Å². The Morgan fingerprint density at radius 3 is 2.79 bits per heavy atom. The van der Waals surface area contributed by atoms with Crippen molar-refractivity contribution in [3.05, 3.63) is 0 Å². The van der Waals surface area contributed by atoms with Crippen LogP contribution in [0.15, 0.2) is 0 Å². The van der Waals surface area contributed by atoms with Crippen molar-refractivity contribution in [3.63, 3.8) is 0 Å². The maximum Gasteiger partial charge on any atom is 0.407 e. The molecule has 19 heavy (non-hydrogen) atoms. The first-order valence-corrected chi connectivity index (χ1v) is 6.76. The van der Waals surface area contributed by atoms with E-state index in [0.717, 1.165) is 32.1 Å². The number of alkyl carbamates (subject to hydrolysis) is 1. The molecule has 1 fully saturated rings. The molecule has 1 saturated carbocycles. The number of unbranched alkanes of at least 4 members (excludes halogenated alkanes) is 2. The minimum atomic E-state index is -0.783. The summed E-state index contributed by atoms with van der Waals surface area (Å²) in [5.41, 5.74) is 0. The topological polar surface area (TPSA) is 75.6 Å². The van der Waals surface area contributed by atoms with Gasteiger partial charge in [0.15, 0.2) is 0 Å². The van der Waals surface area contributed by atoms with Gasteiger partial charge < -0.3 is 15.2 Å². The molecule has 0 aromatic heterocycles. The van der Waals surface area contributed by atoms with E-state index in [1.165, 1.54) is 0 Å². The Kier molecular flexibility index (Phi) is 6.80. The summed E-state index contributed by atoms with van der Waals surface area (Å²) in [6.07, 6.45) is 9.89. The van der Waals surface area contributed by atoms with E-state index >= 15 is 0 Å². The molecule has 2 unspecified atom stereocenters. The van der Waals surface area contributed by atoms with Crippen molar-refractivity contribution in [2.45, 2.75) is 51.0 Å². The minimum Gasteiger partial charge on any atom is -0.481 e. The van der Waals surface area contributed by atoms with Crippen LogP contribution in [0.1, 0.15) is 44.9 Å². The van der Waals surface area contributed by atoms with E-state index < -0.39 is 12.1 Å². The van der Waals surface area contributed by atoms with Gasteiger partial charge in [-0.05, 0) is 32.1 Å². The fraction of sp³-hybridized carbons (Fsp3) is 0.714. The van der Waals surface area contributed by atoms with Crippen molar-refractivity contribution >= 4 is 12.1 Å². The van der Waals surface area contributed by atoms with Gasteiger partial charge >= 0.3 is 12.1 Å². The van der Waals surface area contributed by atoms with Crippen LogP contribution in [-0.4, -0.2) is 29.8 Å². The lowest BCUT2D eigenvalue weighted by Crippen LogP contribution is -2.31. The van der Waals surface area contributed by atoms with Crippen LogP contribution in [0.2, 0.25) is 0 Å². The molecule has 0 bridgehead atoms. The van der Waals surface area contributed by atoms with Gasteiger partial charge in [0, 0.05) is 13.0 Å². The molecule has 2 N–H and O–H groups in total. The minimum absolute atomic E-state index is 0.0429. The standard InChI is InChI=1S/C14H21NO4/c1-2-11-7-6-8-12(11)19-14(18)15-10-5-3-4-9-13(16)17/h1,11-12H,3-10H2,(H,15,18)(H,16,17). The van der Waals surface area contributed by atoms with Crippen LogP contribution >= 0.6 is 0 Å². The Balaban J connectivity index is 2.05. The van der Waals surface area contributed by atoms with Crippen molar-refractivity contribution in [1.82, 2.24) is 5.32 Å². The van der Waals surface area contributed by atoms with Crippen molar-refractivity contribution in [3.8, 4) is 12.3 Å². The molecule has 1 rings (SSSR count). The highest BCUT2D eigenvalue weighted by Gasteiger charge is 2.28. The maximum absolute atomic E-state index is 11.5. The maximum atomic E-state index is 11.5. The Labute approximate surface area is 113 Å². The summed E-state index contributed by atoms with van der Waals surface area (Å²) in [5, 5.41) is 11.1. The Bertz CT molecular complexity index is 348. The highest BCUT2D eigenvalue weighted by Crippen LogP contribution is 2.27. The SMILES string of the molecule is C#CC1CCCC1OC(=O)NCCCCCC(=O)O. The molecule has 0 aromatic rings. The van der Waals surface area contributed by atoms with Gasteiger partial charge in [0.1, 0.15) is 6.10 Å². The Morgan fingerprint density at radius 1 is 1.32 bits per heavy atom. The van der Waals surface area contributed by atoms with Crippen molar-refractivity contribution in [2.24, 2.45) is 5.92 Å². The average molecular weight is 267 g/mol. The van der Waals surface area contributed by atoms with E-state index in [1.54, 1.807) is 0 Å². The second-order valence-corrected chi connectivity index (χ2v) is 4.78. The van der Waals surface area contributed by atoms with Crippen LogP contribution < -0.4 is 5.32 Å². The predicted octanol–water partition coefficient (Wildman–Crippen LogP) is 2.16. The average Bonchev–Trinajstić information content (AvgIpc) is 2.80. The van der Waals surface area contributed by atoms with Crippen LogP contribution in [0.25, 0.3) is 0 Å². The van der Waals surface area contributed by atoms with E-state index in [0.29, 0.717) is 13.0 Å². The third kappa shape index (κ3) is 6.14. The van der Waals surface area contributed by atoms with Gasteiger partial charge in [0.05, 0.1) is 5.92 Å². The number of carbonyl (C=O) groups is 2. The highest BCUT2D eigenvalue weighted by molar-refractivity contribution is 5.67. The molecule has 1 amide bonds. The Morgan fingerprint density at radius 2 is 2.11 bits per heavy atom. The molecule has 0 radical (unpaired) electrons. The number of ether oxygens (including phenoxy) is 1. The molecule has 106 valence electrons. The van der Waals surface area contributed by atoms with Crippen LogP contribution in [0.3, 0.4) is 0 Å². The van der Waals surface area contributed by atoms with E-state index in [2.05, 4.69) is 11.2 Å². The van der Waals surface area contributed by atoms with Gasteiger partial charge in [0.25, 0.3) is 0 Å². The first-order chi connectivity index (χ1) is 9.13. The molecule has 0 aromatic carbocycles. The first kappa shape index (κ1) is 15.4. The second-order valence-electron chi connectivity index (χ2n) is 4.78. The van der Waals surface area contributed by atoms with E-state index in [4.69, 9.17) is 16.3 Å². The number of nitrogens with one attached hydrogen (secondary N) is 1. The second kappa shape index (κ2) is 8.41. The monoisotopic (exact) mass is 267 g/mol. The summed E-state index contributed by atoms with van der Waals surface area (Å²) >= 11 is 0. The summed E-state index contributed by atoms with van der Waals surface area (Å²) in [4.78, 5) is 21.8. The number of hydrogen-bond donors (Lipinski definition) is 2. The highest BCUT2D eigenvalue weighted by atomic mass is 16.6. The van der Waals surface area contributed by atoms with Crippen molar-refractivity contribution in [1.29, 1.82) is 0 Å². The zero-order valence-electron chi connectivity index (χ0n) is 11.1. The number of hydrogen-bond acceptors (Lipinski definition) is 3. The smallest absolute Gasteiger partial charge is 0.407 e. The first-order valence-electron chi connectivity index (χ1n) is 6.76. The van der Waals surface area contributed by atoms with Crippen LogP contribution in [0, 0.1) is 18.3 Å². The largest absolute Gasteiger partial charge is 0.481 e. The van der Waals surface area contributed by atoms with E-state index in [1.807, 2.05) is 0 Å². The zero-order valence-corrected chi connectivity index (χ0v) is 11.1. The molecule has 0 heterocycles. The van der Waals surface area contributed by atoms with Gasteiger partial charge in [0.2, 0.25) is 0 Å². The molecule has 0 saturated heterocycles. The third-order valence-corrected chi connectivity index (χ3v) is 3.26. The number of rotatable bonds is 7. The molecule has 2 atom stereocenters. The van der Waals surface area contributed by atoms with Gasteiger partial charge in [-0.2, -0.15) is 0 Å². The number of amides is 1. The Hall–Kier alpha value is -1.70. The lowest BCUT2D eigenvalue weighted by Gasteiger charge is -2.16. The van der Waals surface area contributed by atoms with Crippen LogP contribution in [-0.2, 0) is 9.53 Å². The van der Waals surface area contributed by atoms with Gasteiger partial charge in [-0.15, -0.1) is 6.42 Å². The zero-order chi connectivity index (χ0) is 14.1. The van der Waals surface area contributed by atoms with Gasteiger partial charge in [-0.1, -0.05) is 12.3 Å². The molecule has 5 heteroatoms. The molecular formula is C14H21NO4. The number of aliphatic carboxylic acids is 1. The van der Waals surface area contributed by atoms with Gasteiger partial charge in [-0.25, -0.2) is 4.79 Å². The number of carboxylic acids is 1. The molecule has 1 aliphatic carbocycles. The van der Waals surface area contributed by atoms with Crippen molar-refractivity contribution < 1.29 is 19.4 Å². The molecule has 0 spiro atoms. The molecule has 1 aliphatic rings. The lowest BCUT2D eigenvalue weighted by molar-refractivity contribution is -0.137.